The largest absolute Gasteiger partial charge is 0.390 e. The zero-order valence-corrected chi connectivity index (χ0v) is 7.28. The van der Waals surface area contributed by atoms with Crippen LogP contribution in [0.3, 0.4) is 0 Å². The van der Waals surface area contributed by atoms with Crippen molar-refractivity contribution in [1.29, 1.82) is 0 Å². The zero-order chi connectivity index (χ0) is 9.28. The van der Waals surface area contributed by atoms with Gasteiger partial charge in [-0.2, -0.15) is 0 Å². The quantitative estimate of drug-likeness (QED) is 0.347. The highest BCUT2D eigenvalue weighted by Gasteiger charge is 1.77. The lowest BCUT2D eigenvalue weighted by molar-refractivity contribution is 0.839. The smallest absolute Gasteiger partial charge is 0.185 e. The summed E-state index contributed by atoms with van der Waals surface area (Å²) in [6.07, 6.45) is 1.32. The van der Waals surface area contributed by atoms with E-state index in [9.17, 15) is 0 Å². The molecule has 0 aromatic carbocycles. The van der Waals surface area contributed by atoms with Gasteiger partial charge in [0.25, 0.3) is 0 Å². The Morgan fingerprint density at radius 2 is 1.73 bits per heavy atom. The van der Waals surface area contributed by atoms with Gasteiger partial charge in [-0.1, -0.05) is 0 Å². The molecule has 6 N–H and O–H groups in total. The molecule has 0 aliphatic rings. The predicted molar refractivity (Wildman–Crippen MR) is 49.5 cm³/mol. The molecule has 0 atom stereocenters. The molecular formula is C6H17N5. The summed E-state index contributed by atoms with van der Waals surface area (Å²) in [5.41, 5.74) is 14.6. The molecule has 5 heteroatoms. The molecule has 0 radical (unpaired) electrons. The summed E-state index contributed by atoms with van der Waals surface area (Å²) in [6.45, 7) is 3.95. The van der Waals surface area contributed by atoms with E-state index in [1.165, 1.54) is 13.4 Å². The minimum Gasteiger partial charge on any atom is -0.390 e. The van der Waals surface area contributed by atoms with E-state index in [-0.39, 0.29) is 5.96 Å². The molecule has 0 aromatic heterocycles. The van der Waals surface area contributed by atoms with Crippen molar-refractivity contribution in [2.45, 2.75) is 19.9 Å². The van der Waals surface area contributed by atoms with Crippen molar-refractivity contribution in [2.24, 2.45) is 27.2 Å². The van der Waals surface area contributed by atoms with Gasteiger partial charge in [0.1, 0.15) is 0 Å². The molecule has 0 rings (SSSR count). The van der Waals surface area contributed by atoms with Crippen LogP contribution < -0.4 is 17.2 Å². The van der Waals surface area contributed by atoms with Crippen molar-refractivity contribution in [2.75, 3.05) is 7.05 Å². The van der Waals surface area contributed by atoms with Crippen molar-refractivity contribution in [3.8, 4) is 0 Å². The Morgan fingerprint density at radius 1 is 1.36 bits per heavy atom. The third kappa shape index (κ3) is 28.4. The Kier molecular flexibility index (Phi) is 9.87. The van der Waals surface area contributed by atoms with E-state index in [2.05, 4.69) is 9.98 Å². The van der Waals surface area contributed by atoms with Crippen LogP contribution in [0.15, 0.2) is 9.98 Å². The van der Waals surface area contributed by atoms with Crippen LogP contribution in [-0.2, 0) is 0 Å². The Hall–Kier alpha value is -1.26. The maximum atomic E-state index is 4.94. The first-order valence-corrected chi connectivity index (χ1v) is 3.25. The van der Waals surface area contributed by atoms with Gasteiger partial charge < -0.3 is 17.2 Å². The fraction of sp³-hybridized carbons (Fsp3) is 0.667. The molecule has 0 saturated heterocycles. The molecular weight excluding hydrogens is 142 g/mol. The van der Waals surface area contributed by atoms with E-state index in [1.807, 2.05) is 13.8 Å². The zero-order valence-electron chi connectivity index (χ0n) is 7.28. The predicted octanol–water partition coefficient (Wildman–Crippen LogP) is -0.729. The average molecular weight is 159 g/mol. The van der Waals surface area contributed by atoms with Crippen LogP contribution in [0.2, 0.25) is 0 Å². The lowest BCUT2D eigenvalue weighted by atomic mass is 10.4. The summed E-state index contributed by atoms with van der Waals surface area (Å²) >= 11 is 0. The first-order chi connectivity index (χ1) is 5.04. The van der Waals surface area contributed by atoms with E-state index >= 15 is 0 Å². The average Bonchev–Trinajstić information content (AvgIpc) is 1.89. The molecule has 11 heavy (non-hydrogen) atoms. The first-order valence-electron chi connectivity index (χ1n) is 3.25. The highest BCUT2D eigenvalue weighted by Crippen LogP contribution is 1.78. The first kappa shape index (κ1) is 12.4. The van der Waals surface area contributed by atoms with E-state index in [0.717, 1.165) is 0 Å². The lowest BCUT2D eigenvalue weighted by Gasteiger charge is -1.87. The van der Waals surface area contributed by atoms with E-state index < -0.39 is 0 Å². The summed E-state index contributed by atoms with van der Waals surface area (Å²) in [5, 5.41) is 0. The lowest BCUT2D eigenvalue weighted by Crippen LogP contribution is -2.21. The minimum atomic E-state index is 0.130. The number of nitrogens with zero attached hydrogens (tertiary/aromatic N) is 2. The third-order valence-corrected chi connectivity index (χ3v) is 0.642. The summed E-state index contributed by atoms with van der Waals surface area (Å²) in [5.74, 6) is 0.130. The van der Waals surface area contributed by atoms with E-state index in [4.69, 9.17) is 17.2 Å². The van der Waals surface area contributed by atoms with Gasteiger partial charge in [-0.15, -0.1) is 0 Å². The van der Waals surface area contributed by atoms with Gasteiger partial charge in [0.2, 0.25) is 0 Å². The van der Waals surface area contributed by atoms with Crippen molar-refractivity contribution >= 4 is 12.3 Å². The molecule has 66 valence electrons. The molecule has 0 unspecified atom stereocenters. The number of rotatable bonds is 1. The summed E-state index contributed by atoms with van der Waals surface area (Å²) in [7, 11) is 1.54. The fourth-order valence-electron chi connectivity index (χ4n) is 0.172. The minimum absolute atomic E-state index is 0.130. The molecule has 0 aromatic rings. The van der Waals surface area contributed by atoms with Gasteiger partial charge >= 0.3 is 0 Å². The molecule has 0 heterocycles. The fourth-order valence-corrected chi connectivity index (χ4v) is 0.172. The molecule has 0 fully saturated rings. The normalized spacial score (nSPS) is 9.09. The number of nitrogens with two attached hydrogens (primary N) is 3. The highest BCUT2D eigenvalue weighted by molar-refractivity contribution is 5.75. The Bertz CT molecular complexity index is 123. The number of hydrogen-bond acceptors (Lipinski definition) is 2. The van der Waals surface area contributed by atoms with E-state index in [1.54, 1.807) is 0 Å². The van der Waals surface area contributed by atoms with Crippen LogP contribution in [0.25, 0.3) is 0 Å². The Morgan fingerprint density at radius 3 is 1.73 bits per heavy atom. The van der Waals surface area contributed by atoms with Crippen molar-refractivity contribution in [1.82, 2.24) is 0 Å². The van der Waals surface area contributed by atoms with Crippen molar-refractivity contribution < 1.29 is 0 Å². The molecule has 0 spiro atoms. The molecule has 0 aliphatic carbocycles. The van der Waals surface area contributed by atoms with Crippen LogP contribution in [0.5, 0.6) is 0 Å². The monoisotopic (exact) mass is 159 g/mol. The van der Waals surface area contributed by atoms with Gasteiger partial charge in [0.05, 0.1) is 6.34 Å². The second-order valence-electron chi connectivity index (χ2n) is 2.04. The molecule has 0 aliphatic heterocycles. The van der Waals surface area contributed by atoms with Crippen LogP contribution in [0.4, 0.5) is 0 Å². The number of hydrogen-bond donors (Lipinski definition) is 3. The number of guanidine groups is 1. The summed E-state index contributed by atoms with van der Waals surface area (Å²) in [6, 6.07) is 0.343. The van der Waals surface area contributed by atoms with Crippen LogP contribution in [0, 0.1) is 0 Å². The van der Waals surface area contributed by atoms with E-state index in [0.29, 0.717) is 6.04 Å². The van der Waals surface area contributed by atoms with Crippen LogP contribution in [0.1, 0.15) is 13.8 Å². The van der Waals surface area contributed by atoms with Crippen LogP contribution in [-0.4, -0.2) is 25.4 Å². The van der Waals surface area contributed by atoms with Crippen molar-refractivity contribution in [3.63, 3.8) is 0 Å². The van der Waals surface area contributed by atoms with Gasteiger partial charge in [0.15, 0.2) is 5.96 Å². The topological polar surface area (TPSA) is 103 Å². The maximum absolute atomic E-state index is 4.94. The maximum Gasteiger partial charge on any atom is 0.185 e. The van der Waals surface area contributed by atoms with Crippen LogP contribution >= 0.6 is 0 Å². The highest BCUT2D eigenvalue weighted by atomic mass is 15.0. The standard InChI is InChI=1S/C4H10N2.C2H7N3/c1-4(2)6-3-5;1-5-2(3)4/h3-4H,1-2H3,(H2,5,6);1H3,(H4,3,4,5). The van der Waals surface area contributed by atoms with Crippen molar-refractivity contribution in [3.05, 3.63) is 0 Å². The molecule has 0 saturated carbocycles. The third-order valence-electron chi connectivity index (χ3n) is 0.642. The van der Waals surface area contributed by atoms with Gasteiger partial charge in [-0.3, -0.25) is 9.98 Å². The number of aliphatic imine (C=N–C) groups is 2. The van der Waals surface area contributed by atoms with Gasteiger partial charge in [-0.25, -0.2) is 0 Å². The molecule has 0 bridgehead atoms. The Balaban J connectivity index is 0. The summed E-state index contributed by atoms with van der Waals surface area (Å²) in [4.78, 5) is 7.14. The molecule has 0 amide bonds. The summed E-state index contributed by atoms with van der Waals surface area (Å²) < 4.78 is 0. The Labute approximate surface area is 67.4 Å². The van der Waals surface area contributed by atoms with Gasteiger partial charge in [0, 0.05) is 13.1 Å². The van der Waals surface area contributed by atoms with Gasteiger partial charge in [-0.05, 0) is 13.8 Å². The second kappa shape index (κ2) is 8.74. The SMILES string of the molecule is CC(C)N=CN.CN=C(N)N. The molecule has 5 nitrogen and oxygen atoms in total. The second-order valence-corrected chi connectivity index (χ2v) is 2.04.